The average Bonchev–Trinajstić information content (AvgIpc) is 2.71. The van der Waals surface area contributed by atoms with Crippen LogP contribution in [0.15, 0.2) is 29.3 Å². The summed E-state index contributed by atoms with van der Waals surface area (Å²) in [5.41, 5.74) is 2.40. The molecule has 1 fully saturated rings. The fourth-order valence-electron chi connectivity index (χ4n) is 1.39. The van der Waals surface area contributed by atoms with Crippen molar-refractivity contribution in [3.63, 3.8) is 0 Å². The number of hydrogen-bond acceptors (Lipinski definition) is 2. The summed E-state index contributed by atoms with van der Waals surface area (Å²) in [6.07, 6.45) is 1.07. The van der Waals surface area contributed by atoms with Crippen molar-refractivity contribution in [2.24, 2.45) is 4.99 Å². The van der Waals surface area contributed by atoms with E-state index in [9.17, 15) is 0 Å². The Morgan fingerprint density at radius 3 is 3.14 bits per heavy atom. The van der Waals surface area contributed by atoms with Gasteiger partial charge in [-0.3, -0.25) is 0 Å². The summed E-state index contributed by atoms with van der Waals surface area (Å²) in [5.74, 6) is 1.13. The number of rotatable bonds is 2. The molecule has 0 aromatic heterocycles. The van der Waals surface area contributed by atoms with Crippen molar-refractivity contribution in [2.45, 2.75) is 13.3 Å². The highest BCUT2D eigenvalue weighted by molar-refractivity contribution is 8.14. The third kappa shape index (κ3) is 2.29. The molecule has 1 aliphatic heterocycles. The van der Waals surface area contributed by atoms with E-state index in [-0.39, 0.29) is 0 Å². The van der Waals surface area contributed by atoms with Gasteiger partial charge in [-0.2, -0.15) is 0 Å². The molecule has 1 aromatic carbocycles. The predicted octanol–water partition coefficient (Wildman–Crippen LogP) is 2.57. The Hall–Kier alpha value is -0.960. The fourth-order valence-corrected chi connectivity index (χ4v) is 2.16. The highest BCUT2D eigenvalue weighted by atomic mass is 32.2. The van der Waals surface area contributed by atoms with Crippen LogP contribution in [0.5, 0.6) is 0 Å². The van der Waals surface area contributed by atoms with E-state index in [1.165, 1.54) is 5.56 Å². The van der Waals surface area contributed by atoms with Crippen LogP contribution in [0.3, 0.4) is 0 Å². The molecule has 0 saturated carbocycles. The van der Waals surface area contributed by atoms with Crippen LogP contribution in [0.4, 0.5) is 5.69 Å². The molecule has 1 aliphatic rings. The minimum Gasteiger partial charge on any atom is -0.364 e. The zero-order valence-electron chi connectivity index (χ0n) is 8.29. The molecule has 1 saturated heterocycles. The van der Waals surface area contributed by atoms with E-state index in [1.807, 2.05) is 6.07 Å². The van der Waals surface area contributed by atoms with E-state index >= 15 is 0 Å². The Morgan fingerprint density at radius 2 is 2.43 bits per heavy atom. The number of hydrogen-bond donors (Lipinski definition) is 1. The summed E-state index contributed by atoms with van der Waals surface area (Å²) in [4.78, 5) is 4.54. The van der Waals surface area contributed by atoms with Crippen molar-refractivity contribution >= 4 is 22.6 Å². The van der Waals surface area contributed by atoms with Gasteiger partial charge in [0, 0.05) is 12.3 Å². The molecule has 1 heterocycles. The first kappa shape index (κ1) is 9.59. The van der Waals surface area contributed by atoms with E-state index in [4.69, 9.17) is 0 Å². The predicted molar refractivity (Wildman–Crippen MR) is 63.4 cm³/mol. The second-order valence-corrected chi connectivity index (χ2v) is 4.30. The summed E-state index contributed by atoms with van der Waals surface area (Å²) in [6, 6.07) is 8.40. The van der Waals surface area contributed by atoms with Crippen LogP contribution in [0.2, 0.25) is 0 Å². The minimum atomic E-state index is 1.04. The zero-order valence-corrected chi connectivity index (χ0v) is 9.10. The molecule has 1 N–H and O–H groups in total. The molecule has 0 radical (unpaired) electrons. The molecule has 0 spiro atoms. The van der Waals surface area contributed by atoms with Crippen LogP contribution in [0, 0.1) is 0 Å². The number of thioether (sulfide) groups is 1. The normalized spacial score (nSPS) is 18.5. The number of aryl methyl sites for hydroxylation is 1. The van der Waals surface area contributed by atoms with E-state index in [1.54, 1.807) is 11.8 Å². The largest absolute Gasteiger partial charge is 0.364 e. The first-order valence-electron chi connectivity index (χ1n) is 4.93. The molecule has 74 valence electrons. The van der Waals surface area contributed by atoms with E-state index in [2.05, 4.69) is 35.4 Å². The molecule has 0 unspecified atom stereocenters. The first-order chi connectivity index (χ1) is 6.88. The van der Waals surface area contributed by atoms with Gasteiger partial charge in [0.2, 0.25) is 0 Å². The Balaban J connectivity index is 2.19. The number of benzene rings is 1. The lowest BCUT2D eigenvalue weighted by Crippen LogP contribution is -2.12. The molecular formula is C11H14N2S. The van der Waals surface area contributed by atoms with Crippen molar-refractivity contribution < 1.29 is 0 Å². The van der Waals surface area contributed by atoms with E-state index < -0.39 is 0 Å². The van der Waals surface area contributed by atoms with Crippen LogP contribution in [-0.4, -0.2) is 17.5 Å². The van der Waals surface area contributed by atoms with Gasteiger partial charge in [0.25, 0.3) is 0 Å². The summed E-state index contributed by atoms with van der Waals surface area (Å²) >= 11 is 1.79. The maximum absolute atomic E-state index is 4.54. The third-order valence-electron chi connectivity index (χ3n) is 2.17. The lowest BCUT2D eigenvalue weighted by Gasteiger charge is -2.00. The SMILES string of the molecule is CCc1cccc(/N=C2\NCCS2)c1. The molecule has 14 heavy (non-hydrogen) atoms. The average molecular weight is 206 g/mol. The van der Waals surface area contributed by atoms with E-state index in [0.29, 0.717) is 0 Å². The van der Waals surface area contributed by atoms with Gasteiger partial charge in [-0.05, 0) is 24.1 Å². The summed E-state index contributed by atoms with van der Waals surface area (Å²) in [5, 5.41) is 4.31. The van der Waals surface area contributed by atoms with Crippen LogP contribution in [0.1, 0.15) is 12.5 Å². The molecule has 0 atom stereocenters. The van der Waals surface area contributed by atoms with Gasteiger partial charge in [-0.25, -0.2) is 4.99 Å². The van der Waals surface area contributed by atoms with Gasteiger partial charge >= 0.3 is 0 Å². The Morgan fingerprint density at radius 1 is 1.50 bits per heavy atom. The van der Waals surface area contributed by atoms with Crippen molar-refractivity contribution in [3.8, 4) is 0 Å². The summed E-state index contributed by atoms with van der Waals surface area (Å²) in [7, 11) is 0. The quantitative estimate of drug-likeness (QED) is 0.804. The van der Waals surface area contributed by atoms with Crippen LogP contribution in [0.25, 0.3) is 0 Å². The van der Waals surface area contributed by atoms with Crippen molar-refractivity contribution in [1.29, 1.82) is 0 Å². The highest BCUT2D eigenvalue weighted by Gasteiger charge is 2.06. The standard InChI is InChI=1S/C11H14N2S/c1-2-9-4-3-5-10(8-9)13-11-12-6-7-14-11/h3-5,8H,2,6-7H2,1H3,(H,12,13). The zero-order chi connectivity index (χ0) is 9.80. The smallest absolute Gasteiger partial charge is 0.161 e. The number of aliphatic imine (C=N–C) groups is 1. The first-order valence-corrected chi connectivity index (χ1v) is 5.91. The van der Waals surface area contributed by atoms with Gasteiger partial charge < -0.3 is 5.32 Å². The van der Waals surface area contributed by atoms with Gasteiger partial charge in [0.15, 0.2) is 5.17 Å². The van der Waals surface area contributed by atoms with Crippen LogP contribution < -0.4 is 5.32 Å². The molecule has 2 rings (SSSR count). The van der Waals surface area contributed by atoms with Crippen LogP contribution in [-0.2, 0) is 6.42 Å². The lowest BCUT2D eigenvalue weighted by molar-refractivity contribution is 1.02. The number of amidine groups is 1. The van der Waals surface area contributed by atoms with Crippen molar-refractivity contribution in [2.75, 3.05) is 12.3 Å². The molecule has 0 aliphatic carbocycles. The number of nitrogens with one attached hydrogen (secondary N) is 1. The van der Waals surface area contributed by atoms with Crippen molar-refractivity contribution in [3.05, 3.63) is 29.8 Å². The minimum absolute atomic E-state index is 1.04. The lowest BCUT2D eigenvalue weighted by atomic mass is 10.1. The topological polar surface area (TPSA) is 24.4 Å². The second kappa shape index (κ2) is 4.51. The maximum Gasteiger partial charge on any atom is 0.161 e. The third-order valence-corrected chi connectivity index (χ3v) is 3.08. The Kier molecular flexibility index (Phi) is 3.09. The van der Waals surface area contributed by atoms with Crippen molar-refractivity contribution in [1.82, 2.24) is 5.32 Å². The second-order valence-electron chi connectivity index (χ2n) is 3.22. The molecule has 0 bridgehead atoms. The maximum atomic E-state index is 4.54. The molecule has 3 heteroatoms. The summed E-state index contributed by atoms with van der Waals surface area (Å²) < 4.78 is 0. The van der Waals surface area contributed by atoms with E-state index in [0.717, 1.165) is 29.6 Å². The Labute approximate surface area is 88.8 Å². The fraction of sp³-hybridized carbons (Fsp3) is 0.364. The highest BCUT2D eigenvalue weighted by Crippen LogP contribution is 2.18. The van der Waals surface area contributed by atoms with Crippen LogP contribution >= 0.6 is 11.8 Å². The molecular weight excluding hydrogens is 192 g/mol. The summed E-state index contributed by atoms with van der Waals surface area (Å²) in [6.45, 7) is 3.20. The Bertz CT molecular complexity index is 339. The monoisotopic (exact) mass is 206 g/mol. The van der Waals surface area contributed by atoms with Gasteiger partial charge in [-0.1, -0.05) is 30.8 Å². The molecule has 2 nitrogen and oxygen atoms in total. The van der Waals surface area contributed by atoms with Gasteiger partial charge in [0.1, 0.15) is 0 Å². The van der Waals surface area contributed by atoms with Gasteiger partial charge in [0.05, 0.1) is 5.69 Å². The molecule has 0 amide bonds. The van der Waals surface area contributed by atoms with Gasteiger partial charge in [-0.15, -0.1) is 0 Å². The molecule has 1 aromatic rings. The number of nitrogens with zero attached hydrogens (tertiary/aromatic N) is 1.